The lowest BCUT2D eigenvalue weighted by Crippen LogP contribution is -2.12. The molecule has 0 aromatic carbocycles. The van der Waals surface area contributed by atoms with Crippen LogP contribution < -0.4 is 0 Å². The fraction of sp³-hybridized carbons (Fsp3) is 0.364. The molecule has 1 N–H and O–H groups in total. The summed E-state index contributed by atoms with van der Waals surface area (Å²) < 4.78 is 0. The Balaban J connectivity index is 0.000000980. The third kappa shape index (κ3) is 1.44. The Morgan fingerprint density at radius 3 is 2.85 bits per heavy atom. The van der Waals surface area contributed by atoms with Gasteiger partial charge in [-0.2, -0.15) is 0 Å². The number of pyridine rings is 1. The maximum atomic E-state index is 4.43. The van der Waals surface area contributed by atoms with Crippen molar-refractivity contribution in [3.63, 3.8) is 0 Å². The Bertz CT molecular complexity index is 426. The van der Waals surface area contributed by atoms with Crippen LogP contribution in [-0.2, 0) is 5.41 Å². The third-order valence-electron chi connectivity index (χ3n) is 2.20. The average Bonchev–Trinajstić information content (AvgIpc) is 2.47. The highest BCUT2D eigenvalue weighted by molar-refractivity contribution is 5.78. The van der Waals surface area contributed by atoms with Crippen molar-refractivity contribution in [2.75, 3.05) is 0 Å². The summed E-state index contributed by atoms with van der Waals surface area (Å²) in [5.74, 6) is 0. The first kappa shape index (κ1) is 8.30. The van der Waals surface area contributed by atoms with Crippen molar-refractivity contribution in [1.29, 1.82) is 0 Å². The molecule has 2 aromatic heterocycles. The Kier molecular flexibility index (Phi) is 1.65. The van der Waals surface area contributed by atoms with Crippen LogP contribution in [0.15, 0.2) is 24.5 Å². The molecule has 0 atom stereocenters. The Morgan fingerprint density at radius 2 is 2.15 bits per heavy atom. The van der Waals surface area contributed by atoms with Crippen LogP contribution in [-0.4, -0.2) is 9.97 Å². The molecular weight excluding hydrogens is 160 g/mol. The Hall–Kier alpha value is -1.31. The SMILES string of the molecule is CC(C)(C)c1cc2[nH]ccc2cn1.[HH]. The summed E-state index contributed by atoms with van der Waals surface area (Å²) in [7, 11) is 0. The second-order valence-corrected chi connectivity index (χ2v) is 4.38. The molecule has 0 amide bonds. The van der Waals surface area contributed by atoms with Crippen LogP contribution in [0.1, 0.15) is 27.9 Å². The van der Waals surface area contributed by atoms with Gasteiger partial charge in [-0.1, -0.05) is 20.8 Å². The number of H-pyrrole nitrogens is 1. The number of nitrogens with zero attached hydrogens (tertiary/aromatic N) is 1. The highest BCUT2D eigenvalue weighted by Gasteiger charge is 2.15. The first-order valence-corrected chi connectivity index (χ1v) is 4.51. The standard InChI is InChI=1S/C11H14N2.H2/c1-11(2,3)10-6-9-8(7-13-10)4-5-12-9;/h4-7,12H,1-3H3;1H. The van der Waals surface area contributed by atoms with Crippen molar-refractivity contribution in [3.05, 3.63) is 30.2 Å². The second kappa shape index (κ2) is 2.59. The number of nitrogens with one attached hydrogen (secondary N) is 1. The van der Waals surface area contributed by atoms with Gasteiger partial charge in [0.2, 0.25) is 0 Å². The van der Waals surface area contributed by atoms with E-state index >= 15 is 0 Å². The average molecular weight is 176 g/mol. The zero-order valence-corrected chi connectivity index (χ0v) is 8.26. The highest BCUT2D eigenvalue weighted by Crippen LogP contribution is 2.22. The van der Waals surface area contributed by atoms with Crippen LogP contribution in [0, 0.1) is 0 Å². The minimum Gasteiger partial charge on any atom is -0.361 e. The van der Waals surface area contributed by atoms with Gasteiger partial charge in [-0.3, -0.25) is 4.98 Å². The van der Waals surface area contributed by atoms with E-state index in [0.29, 0.717) is 0 Å². The quantitative estimate of drug-likeness (QED) is 0.656. The van der Waals surface area contributed by atoms with Gasteiger partial charge in [-0.25, -0.2) is 0 Å². The molecule has 70 valence electrons. The van der Waals surface area contributed by atoms with Gasteiger partial charge >= 0.3 is 0 Å². The number of rotatable bonds is 0. The minimum atomic E-state index is 0. The molecule has 0 radical (unpaired) electrons. The van der Waals surface area contributed by atoms with Crippen molar-refractivity contribution in [2.45, 2.75) is 26.2 Å². The van der Waals surface area contributed by atoms with Crippen LogP contribution in [0.4, 0.5) is 0 Å². The minimum absolute atomic E-state index is 0. The van der Waals surface area contributed by atoms with Crippen LogP contribution in [0.2, 0.25) is 0 Å². The fourth-order valence-corrected chi connectivity index (χ4v) is 1.36. The lowest BCUT2D eigenvalue weighted by atomic mass is 9.91. The molecule has 0 aliphatic rings. The monoisotopic (exact) mass is 176 g/mol. The molecule has 0 bridgehead atoms. The number of hydrogen-bond donors (Lipinski definition) is 1. The molecular formula is C11H16N2. The van der Waals surface area contributed by atoms with Gasteiger partial charge in [0.05, 0.1) is 0 Å². The summed E-state index contributed by atoms with van der Waals surface area (Å²) in [6.45, 7) is 6.51. The van der Waals surface area contributed by atoms with Gasteiger partial charge in [0, 0.05) is 35.8 Å². The van der Waals surface area contributed by atoms with E-state index < -0.39 is 0 Å². The second-order valence-electron chi connectivity index (χ2n) is 4.38. The van der Waals surface area contributed by atoms with E-state index in [1.54, 1.807) is 0 Å². The number of hydrogen-bond acceptors (Lipinski definition) is 1. The van der Waals surface area contributed by atoms with Gasteiger partial charge in [0.15, 0.2) is 0 Å². The summed E-state index contributed by atoms with van der Waals surface area (Å²) in [4.78, 5) is 7.62. The smallest absolute Gasteiger partial charge is 0.0487 e. The zero-order valence-electron chi connectivity index (χ0n) is 8.26. The topological polar surface area (TPSA) is 28.7 Å². The number of aromatic nitrogens is 2. The Morgan fingerprint density at radius 1 is 1.38 bits per heavy atom. The van der Waals surface area contributed by atoms with E-state index in [9.17, 15) is 0 Å². The lowest BCUT2D eigenvalue weighted by molar-refractivity contribution is 0.570. The van der Waals surface area contributed by atoms with E-state index in [-0.39, 0.29) is 6.84 Å². The molecule has 0 fully saturated rings. The van der Waals surface area contributed by atoms with E-state index in [2.05, 4.69) is 36.8 Å². The Labute approximate surface area is 79.5 Å². The summed E-state index contributed by atoms with van der Waals surface area (Å²) in [5.41, 5.74) is 2.42. The molecule has 0 aliphatic heterocycles. The molecule has 0 saturated carbocycles. The van der Waals surface area contributed by atoms with Crippen molar-refractivity contribution in [3.8, 4) is 0 Å². The van der Waals surface area contributed by atoms with E-state index in [0.717, 1.165) is 5.69 Å². The van der Waals surface area contributed by atoms with Gasteiger partial charge in [0.25, 0.3) is 0 Å². The molecule has 2 heterocycles. The van der Waals surface area contributed by atoms with E-state index in [1.807, 2.05) is 18.5 Å². The molecule has 13 heavy (non-hydrogen) atoms. The van der Waals surface area contributed by atoms with Gasteiger partial charge in [-0.05, 0) is 12.1 Å². The van der Waals surface area contributed by atoms with Crippen LogP contribution >= 0.6 is 0 Å². The largest absolute Gasteiger partial charge is 0.361 e. The summed E-state index contributed by atoms with van der Waals surface area (Å²) in [5, 5.41) is 1.17. The molecule has 0 saturated heterocycles. The van der Waals surface area contributed by atoms with Crippen molar-refractivity contribution < 1.29 is 1.43 Å². The van der Waals surface area contributed by atoms with Gasteiger partial charge in [-0.15, -0.1) is 0 Å². The lowest BCUT2D eigenvalue weighted by Gasteiger charge is -2.17. The van der Waals surface area contributed by atoms with Gasteiger partial charge in [0.1, 0.15) is 0 Å². The van der Waals surface area contributed by atoms with Crippen molar-refractivity contribution in [1.82, 2.24) is 9.97 Å². The molecule has 2 rings (SSSR count). The van der Waals surface area contributed by atoms with Crippen LogP contribution in [0.3, 0.4) is 0 Å². The number of aromatic amines is 1. The third-order valence-corrected chi connectivity index (χ3v) is 2.20. The molecule has 2 heteroatoms. The fourth-order valence-electron chi connectivity index (χ4n) is 1.36. The first-order valence-electron chi connectivity index (χ1n) is 4.51. The van der Waals surface area contributed by atoms with E-state index in [4.69, 9.17) is 0 Å². The maximum Gasteiger partial charge on any atom is 0.0487 e. The molecule has 2 aromatic rings. The molecule has 0 spiro atoms. The predicted octanol–water partition coefficient (Wildman–Crippen LogP) is 3.11. The van der Waals surface area contributed by atoms with Crippen LogP contribution in [0.5, 0.6) is 0 Å². The summed E-state index contributed by atoms with van der Waals surface area (Å²) >= 11 is 0. The maximum absolute atomic E-state index is 4.43. The first-order chi connectivity index (χ1) is 6.07. The molecule has 2 nitrogen and oxygen atoms in total. The summed E-state index contributed by atoms with van der Waals surface area (Å²) in [6.07, 6.45) is 3.87. The molecule has 0 aliphatic carbocycles. The van der Waals surface area contributed by atoms with Crippen LogP contribution in [0.25, 0.3) is 10.9 Å². The predicted molar refractivity (Wildman–Crippen MR) is 56.9 cm³/mol. The zero-order chi connectivity index (χ0) is 9.47. The summed E-state index contributed by atoms with van der Waals surface area (Å²) in [6, 6.07) is 4.16. The highest BCUT2D eigenvalue weighted by atomic mass is 14.7. The van der Waals surface area contributed by atoms with Crippen molar-refractivity contribution >= 4 is 10.9 Å². The number of fused-ring (bicyclic) bond motifs is 1. The molecule has 0 unspecified atom stereocenters. The van der Waals surface area contributed by atoms with Gasteiger partial charge < -0.3 is 4.98 Å². The normalized spacial score (nSPS) is 12.2. The van der Waals surface area contributed by atoms with E-state index in [1.165, 1.54) is 10.9 Å². The van der Waals surface area contributed by atoms with Crippen molar-refractivity contribution in [2.24, 2.45) is 0 Å².